The molecular weight excluding hydrogens is 210 g/mol. The number of rotatable bonds is 3. The fraction of sp³-hybridized carbons (Fsp3) is 1.00. The van der Waals surface area contributed by atoms with Crippen LogP contribution in [-0.2, 0) is 0 Å². The summed E-state index contributed by atoms with van der Waals surface area (Å²) in [5.41, 5.74) is 5.73. The van der Waals surface area contributed by atoms with Gasteiger partial charge >= 0.3 is 0 Å². The maximum absolute atomic E-state index is 10.7. The molecule has 4 bridgehead atoms. The molecule has 0 spiro atoms. The summed E-state index contributed by atoms with van der Waals surface area (Å²) in [6, 6.07) is 0. The van der Waals surface area contributed by atoms with Crippen LogP contribution in [0.4, 0.5) is 0 Å². The van der Waals surface area contributed by atoms with E-state index in [9.17, 15) is 5.11 Å². The summed E-state index contributed by atoms with van der Waals surface area (Å²) in [6.07, 6.45) is 6.83. The number of hydrogen-bond donors (Lipinski definition) is 2. The van der Waals surface area contributed by atoms with Crippen LogP contribution < -0.4 is 5.73 Å². The quantitative estimate of drug-likeness (QED) is 0.792. The molecule has 4 aliphatic rings. The van der Waals surface area contributed by atoms with E-state index < -0.39 is 0 Å². The van der Waals surface area contributed by atoms with Crippen molar-refractivity contribution in [1.29, 1.82) is 0 Å². The minimum absolute atomic E-state index is 0.111. The van der Waals surface area contributed by atoms with Crippen molar-refractivity contribution in [1.82, 2.24) is 0 Å². The Morgan fingerprint density at radius 1 is 1.06 bits per heavy atom. The fourth-order valence-corrected chi connectivity index (χ4v) is 5.12. The van der Waals surface area contributed by atoms with Crippen LogP contribution in [0.3, 0.4) is 0 Å². The lowest BCUT2D eigenvalue weighted by Crippen LogP contribution is -2.54. The molecule has 17 heavy (non-hydrogen) atoms. The Bertz CT molecular complexity index is 271. The van der Waals surface area contributed by atoms with Crippen LogP contribution in [0.15, 0.2) is 0 Å². The molecule has 98 valence electrons. The lowest BCUT2D eigenvalue weighted by atomic mass is 9.49. The minimum atomic E-state index is -0.192. The van der Waals surface area contributed by atoms with E-state index in [1.807, 2.05) is 0 Å². The molecule has 1 atom stereocenters. The highest BCUT2D eigenvalue weighted by atomic mass is 16.3. The van der Waals surface area contributed by atoms with Crippen molar-refractivity contribution in [3.63, 3.8) is 0 Å². The maximum atomic E-state index is 10.7. The Kier molecular flexibility index (Phi) is 2.79. The van der Waals surface area contributed by atoms with Crippen LogP contribution in [0.25, 0.3) is 0 Å². The second kappa shape index (κ2) is 3.96. The molecule has 1 unspecified atom stereocenters. The van der Waals surface area contributed by atoms with Gasteiger partial charge in [0.15, 0.2) is 0 Å². The zero-order chi connectivity index (χ0) is 12.2. The van der Waals surface area contributed by atoms with Gasteiger partial charge in [-0.1, -0.05) is 13.8 Å². The number of nitrogens with two attached hydrogens (primary N) is 1. The molecule has 0 saturated heterocycles. The van der Waals surface area contributed by atoms with Crippen LogP contribution in [-0.4, -0.2) is 17.8 Å². The molecule has 4 aliphatic carbocycles. The Labute approximate surface area is 105 Å². The molecule has 0 aromatic heterocycles. The number of aliphatic hydroxyl groups is 1. The highest BCUT2D eigenvalue weighted by Gasteiger charge is 2.52. The summed E-state index contributed by atoms with van der Waals surface area (Å²) >= 11 is 0. The molecule has 0 aromatic carbocycles. The highest BCUT2D eigenvalue weighted by molar-refractivity contribution is 5.02. The second-order valence-electron chi connectivity index (χ2n) is 7.65. The van der Waals surface area contributed by atoms with Crippen LogP contribution in [0.2, 0.25) is 0 Å². The number of aliphatic hydroxyl groups excluding tert-OH is 1. The highest BCUT2D eigenvalue weighted by Crippen LogP contribution is 2.58. The van der Waals surface area contributed by atoms with Crippen molar-refractivity contribution in [3.05, 3.63) is 0 Å². The van der Waals surface area contributed by atoms with Crippen LogP contribution in [0.1, 0.15) is 46.0 Å². The monoisotopic (exact) mass is 237 g/mol. The summed E-state index contributed by atoms with van der Waals surface area (Å²) in [6.45, 7) is 4.85. The van der Waals surface area contributed by atoms with Gasteiger partial charge in [-0.15, -0.1) is 0 Å². The van der Waals surface area contributed by atoms with Crippen molar-refractivity contribution in [2.75, 3.05) is 6.54 Å². The van der Waals surface area contributed by atoms with Crippen LogP contribution in [0, 0.1) is 35.0 Å². The third-order valence-electron chi connectivity index (χ3n) is 5.99. The first-order valence-electron chi connectivity index (χ1n) is 7.39. The smallest absolute Gasteiger partial charge is 0.0636 e. The van der Waals surface area contributed by atoms with Crippen molar-refractivity contribution in [3.8, 4) is 0 Å². The van der Waals surface area contributed by atoms with Crippen molar-refractivity contribution in [2.45, 2.75) is 52.1 Å². The van der Waals surface area contributed by atoms with Gasteiger partial charge in [0.2, 0.25) is 0 Å². The van der Waals surface area contributed by atoms with Gasteiger partial charge in [-0.05, 0) is 68.2 Å². The molecule has 0 radical (unpaired) electrons. The first-order chi connectivity index (χ1) is 8.01. The van der Waals surface area contributed by atoms with Gasteiger partial charge in [-0.3, -0.25) is 0 Å². The molecule has 4 fully saturated rings. The lowest BCUT2D eigenvalue weighted by molar-refractivity contribution is -0.121. The minimum Gasteiger partial charge on any atom is -0.392 e. The van der Waals surface area contributed by atoms with E-state index in [0.29, 0.717) is 12.5 Å². The molecule has 0 aliphatic heterocycles. The van der Waals surface area contributed by atoms with Crippen molar-refractivity contribution >= 4 is 0 Å². The van der Waals surface area contributed by atoms with Gasteiger partial charge in [0.05, 0.1) is 6.10 Å². The Morgan fingerprint density at radius 2 is 1.53 bits per heavy atom. The summed E-state index contributed by atoms with van der Waals surface area (Å²) in [5, 5.41) is 10.7. The SMILES string of the molecule is CC(C)(CN)C(O)C1C2CC3CC(C2)CC1C3. The van der Waals surface area contributed by atoms with E-state index in [1.165, 1.54) is 32.1 Å². The Balaban J connectivity index is 1.80. The van der Waals surface area contributed by atoms with Crippen molar-refractivity contribution in [2.24, 2.45) is 40.7 Å². The fourth-order valence-electron chi connectivity index (χ4n) is 5.12. The van der Waals surface area contributed by atoms with Gasteiger partial charge in [-0.2, -0.15) is 0 Å². The van der Waals surface area contributed by atoms with E-state index in [-0.39, 0.29) is 11.5 Å². The molecule has 0 amide bonds. The van der Waals surface area contributed by atoms with E-state index in [2.05, 4.69) is 13.8 Å². The molecule has 0 heterocycles. The van der Waals surface area contributed by atoms with Gasteiger partial charge in [0.25, 0.3) is 0 Å². The largest absolute Gasteiger partial charge is 0.392 e. The average Bonchev–Trinajstić information content (AvgIpc) is 2.27. The second-order valence-corrected chi connectivity index (χ2v) is 7.65. The zero-order valence-electron chi connectivity index (χ0n) is 11.2. The van der Waals surface area contributed by atoms with E-state index >= 15 is 0 Å². The van der Waals surface area contributed by atoms with Gasteiger partial charge < -0.3 is 10.8 Å². The average molecular weight is 237 g/mol. The third kappa shape index (κ3) is 1.84. The Hall–Kier alpha value is -0.0800. The predicted octanol–water partition coefficient (Wildman–Crippen LogP) is 2.40. The normalized spacial score (nSPS) is 46.2. The van der Waals surface area contributed by atoms with E-state index in [4.69, 9.17) is 5.73 Å². The Morgan fingerprint density at radius 3 is 1.94 bits per heavy atom. The van der Waals surface area contributed by atoms with E-state index in [0.717, 1.165) is 23.7 Å². The van der Waals surface area contributed by atoms with E-state index in [1.54, 1.807) is 0 Å². The summed E-state index contributed by atoms with van der Waals surface area (Å²) in [4.78, 5) is 0. The topological polar surface area (TPSA) is 46.2 Å². The van der Waals surface area contributed by atoms with Gasteiger partial charge in [-0.25, -0.2) is 0 Å². The molecular formula is C15H27NO. The lowest BCUT2D eigenvalue weighted by Gasteiger charge is -2.57. The first kappa shape index (κ1) is 12.0. The van der Waals surface area contributed by atoms with Gasteiger partial charge in [0, 0.05) is 5.41 Å². The third-order valence-corrected chi connectivity index (χ3v) is 5.99. The maximum Gasteiger partial charge on any atom is 0.0636 e. The zero-order valence-corrected chi connectivity index (χ0v) is 11.2. The summed E-state index contributed by atoms with van der Waals surface area (Å²) in [5.74, 6) is 4.12. The van der Waals surface area contributed by atoms with Crippen LogP contribution in [0.5, 0.6) is 0 Å². The van der Waals surface area contributed by atoms with Gasteiger partial charge in [0.1, 0.15) is 0 Å². The standard InChI is InChI=1S/C15H27NO/c1-15(2,8-16)14(17)13-11-4-9-3-10(6-11)7-12(13)5-9/h9-14,17H,3-8,16H2,1-2H3. The first-order valence-corrected chi connectivity index (χ1v) is 7.39. The molecule has 3 N–H and O–H groups in total. The molecule has 4 saturated carbocycles. The summed E-state index contributed by atoms with van der Waals surface area (Å²) in [7, 11) is 0. The molecule has 0 aromatic rings. The predicted molar refractivity (Wildman–Crippen MR) is 69.4 cm³/mol. The molecule has 4 rings (SSSR count). The molecule has 2 nitrogen and oxygen atoms in total. The summed E-state index contributed by atoms with van der Waals surface area (Å²) < 4.78 is 0. The van der Waals surface area contributed by atoms with Crippen molar-refractivity contribution < 1.29 is 5.11 Å². The van der Waals surface area contributed by atoms with Crippen LogP contribution >= 0.6 is 0 Å². The molecule has 2 heteroatoms. The number of hydrogen-bond acceptors (Lipinski definition) is 2.